The predicted molar refractivity (Wildman–Crippen MR) is 118 cm³/mol. The number of aryl methyl sites for hydroxylation is 1. The number of anilines is 1. The quantitative estimate of drug-likeness (QED) is 0.560. The summed E-state index contributed by atoms with van der Waals surface area (Å²) in [6, 6.07) is 11.5. The number of hydrogen-bond donors (Lipinski definition) is 1. The second-order valence-electron chi connectivity index (χ2n) is 7.94. The maximum atomic E-state index is 12.9. The Hall–Kier alpha value is -3.62. The van der Waals surface area contributed by atoms with Crippen LogP contribution in [0.15, 0.2) is 48.5 Å². The molecule has 172 valence electrons. The molecule has 2 heterocycles. The van der Waals surface area contributed by atoms with Gasteiger partial charge in [-0.25, -0.2) is 9.97 Å². The molecule has 1 amide bonds. The van der Waals surface area contributed by atoms with Crippen molar-refractivity contribution in [2.75, 3.05) is 18.0 Å². The van der Waals surface area contributed by atoms with Gasteiger partial charge >= 0.3 is 6.18 Å². The maximum absolute atomic E-state index is 12.9. The van der Waals surface area contributed by atoms with Gasteiger partial charge < -0.3 is 15.4 Å². The number of hydrogen-bond acceptors (Lipinski definition) is 5. The third-order valence-corrected chi connectivity index (χ3v) is 5.43. The minimum atomic E-state index is -4.41. The molecule has 1 aromatic heterocycles. The van der Waals surface area contributed by atoms with Gasteiger partial charge in [-0.2, -0.15) is 13.2 Å². The zero-order valence-corrected chi connectivity index (χ0v) is 18.0. The Morgan fingerprint density at radius 2 is 1.70 bits per heavy atom. The number of carbonyl (C=O) groups is 1. The zero-order chi connectivity index (χ0) is 23.6. The van der Waals surface area contributed by atoms with Crippen LogP contribution in [-0.4, -0.2) is 29.0 Å². The third kappa shape index (κ3) is 5.24. The first-order chi connectivity index (χ1) is 15.7. The lowest BCUT2D eigenvalue weighted by Gasteiger charge is -2.30. The molecule has 1 fully saturated rings. The van der Waals surface area contributed by atoms with Crippen LogP contribution >= 0.6 is 0 Å². The number of aromatic nitrogens is 2. The van der Waals surface area contributed by atoms with Crippen molar-refractivity contribution < 1.29 is 22.7 Å². The molecule has 0 saturated carbocycles. The van der Waals surface area contributed by atoms with Gasteiger partial charge in [-0.05, 0) is 74.7 Å². The predicted octanol–water partition coefficient (Wildman–Crippen LogP) is 5.35. The lowest BCUT2D eigenvalue weighted by atomic mass is 10.1. The molecule has 0 unspecified atom stereocenters. The van der Waals surface area contributed by atoms with E-state index in [9.17, 15) is 18.0 Å². The Morgan fingerprint density at radius 1 is 1.00 bits per heavy atom. The molecule has 33 heavy (non-hydrogen) atoms. The number of nitrogens with two attached hydrogens (primary N) is 1. The summed E-state index contributed by atoms with van der Waals surface area (Å²) >= 11 is 0. The fourth-order valence-corrected chi connectivity index (χ4v) is 3.79. The monoisotopic (exact) mass is 456 g/mol. The molecule has 1 aliphatic heterocycles. The molecular weight excluding hydrogens is 433 g/mol. The van der Waals surface area contributed by atoms with Gasteiger partial charge in [0.05, 0.1) is 11.3 Å². The summed E-state index contributed by atoms with van der Waals surface area (Å²) in [5.74, 6) is 0.545. The fourth-order valence-electron chi connectivity index (χ4n) is 3.79. The van der Waals surface area contributed by atoms with E-state index in [-0.39, 0.29) is 5.69 Å². The average molecular weight is 456 g/mol. The second-order valence-corrected chi connectivity index (χ2v) is 7.94. The van der Waals surface area contributed by atoms with E-state index < -0.39 is 17.6 Å². The first kappa shape index (κ1) is 22.6. The summed E-state index contributed by atoms with van der Waals surface area (Å²) in [7, 11) is 0. The lowest BCUT2D eigenvalue weighted by molar-refractivity contribution is -0.137. The third-order valence-electron chi connectivity index (χ3n) is 5.43. The Kier molecular flexibility index (Phi) is 6.22. The number of ether oxygens (including phenoxy) is 1. The van der Waals surface area contributed by atoms with Crippen molar-refractivity contribution in [1.29, 1.82) is 0 Å². The van der Waals surface area contributed by atoms with Crippen LogP contribution in [-0.2, 0) is 6.18 Å². The van der Waals surface area contributed by atoms with Crippen molar-refractivity contribution in [1.82, 2.24) is 9.97 Å². The molecule has 0 spiro atoms. The summed E-state index contributed by atoms with van der Waals surface area (Å²) < 4.78 is 44.6. The summed E-state index contributed by atoms with van der Waals surface area (Å²) in [6.45, 7) is 3.41. The van der Waals surface area contributed by atoms with E-state index >= 15 is 0 Å². The fraction of sp³-hybridized carbons (Fsp3) is 0.292. The maximum Gasteiger partial charge on any atom is 0.416 e. The molecule has 0 atom stereocenters. The minimum absolute atomic E-state index is 0.127. The molecule has 3 aromatic rings. The Bertz CT molecular complexity index is 1160. The van der Waals surface area contributed by atoms with Crippen molar-refractivity contribution in [3.63, 3.8) is 0 Å². The Balaban J connectivity index is 1.71. The number of amides is 1. The van der Waals surface area contributed by atoms with Gasteiger partial charge in [-0.3, -0.25) is 4.79 Å². The van der Waals surface area contributed by atoms with Gasteiger partial charge in [-0.1, -0.05) is 0 Å². The highest BCUT2D eigenvalue weighted by Gasteiger charge is 2.30. The highest BCUT2D eigenvalue weighted by atomic mass is 19.4. The standard InChI is InChI=1S/C24H23F3N4O2/c1-15-13-19(22(28)32)30-23(29-15)16-5-10-21(20(14-16)31-11-3-2-4-12-31)33-18-8-6-17(7-9-18)24(25,26)27/h5-10,13-14H,2-4,11-12H2,1H3,(H2,28,32). The first-order valence-electron chi connectivity index (χ1n) is 10.6. The van der Waals surface area contributed by atoms with Crippen molar-refractivity contribution in [3.05, 3.63) is 65.5 Å². The van der Waals surface area contributed by atoms with Gasteiger partial charge in [0.25, 0.3) is 5.91 Å². The molecule has 0 aliphatic carbocycles. The van der Waals surface area contributed by atoms with Crippen LogP contribution in [0.1, 0.15) is 41.0 Å². The zero-order valence-electron chi connectivity index (χ0n) is 18.0. The molecule has 0 radical (unpaired) electrons. The summed E-state index contributed by atoms with van der Waals surface area (Å²) in [5.41, 5.74) is 6.87. The number of alkyl halides is 3. The van der Waals surface area contributed by atoms with E-state index in [1.807, 2.05) is 6.07 Å². The van der Waals surface area contributed by atoms with Gasteiger partial charge in [0, 0.05) is 24.3 Å². The Labute approximate surface area is 189 Å². The van der Waals surface area contributed by atoms with Crippen LogP contribution in [0.25, 0.3) is 11.4 Å². The van der Waals surface area contributed by atoms with Gasteiger partial charge in [-0.15, -0.1) is 0 Å². The number of primary amides is 1. The molecule has 9 heteroatoms. The van der Waals surface area contributed by atoms with E-state index in [1.165, 1.54) is 18.2 Å². The molecule has 4 rings (SSSR count). The van der Waals surface area contributed by atoms with Crippen LogP contribution in [0.4, 0.5) is 18.9 Å². The van der Waals surface area contributed by atoms with Crippen LogP contribution < -0.4 is 15.4 Å². The van der Waals surface area contributed by atoms with Crippen molar-refractivity contribution in [3.8, 4) is 22.9 Å². The van der Waals surface area contributed by atoms with Gasteiger partial charge in [0.2, 0.25) is 0 Å². The largest absolute Gasteiger partial charge is 0.455 e. The number of rotatable bonds is 5. The number of carbonyl (C=O) groups excluding carboxylic acids is 1. The van der Waals surface area contributed by atoms with E-state index in [0.29, 0.717) is 28.6 Å². The molecule has 0 bridgehead atoms. The normalized spacial score (nSPS) is 14.2. The van der Waals surface area contributed by atoms with Crippen LogP contribution in [0.5, 0.6) is 11.5 Å². The topological polar surface area (TPSA) is 81.3 Å². The average Bonchev–Trinajstić information content (AvgIpc) is 2.79. The Morgan fingerprint density at radius 3 is 2.33 bits per heavy atom. The van der Waals surface area contributed by atoms with Gasteiger partial charge in [0.1, 0.15) is 11.4 Å². The van der Waals surface area contributed by atoms with Crippen molar-refractivity contribution in [2.24, 2.45) is 5.73 Å². The van der Waals surface area contributed by atoms with E-state index in [2.05, 4.69) is 14.9 Å². The summed E-state index contributed by atoms with van der Waals surface area (Å²) in [6.07, 6.45) is -1.22. The highest BCUT2D eigenvalue weighted by molar-refractivity contribution is 5.91. The number of halogens is 3. The van der Waals surface area contributed by atoms with E-state index in [0.717, 1.165) is 50.2 Å². The number of nitrogens with zero attached hydrogens (tertiary/aromatic N) is 3. The smallest absolute Gasteiger partial charge is 0.416 e. The highest BCUT2D eigenvalue weighted by Crippen LogP contribution is 2.38. The van der Waals surface area contributed by atoms with Crippen LogP contribution in [0.3, 0.4) is 0 Å². The van der Waals surface area contributed by atoms with Crippen LogP contribution in [0, 0.1) is 6.92 Å². The van der Waals surface area contributed by atoms with Crippen molar-refractivity contribution in [2.45, 2.75) is 32.4 Å². The molecule has 1 saturated heterocycles. The van der Waals surface area contributed by atoms with E-state index in [4.69, 9.17) is 10.5 Å². The molecule has 1 aliphatic rings. The molecule has 2 aromatic carbocycles. The summed E-state index contributed by atoms with van der Waals surface area (Å²) in [4.78, 5) is 22.5. The second kappa shape index (κ2) is 9.09. The van der Waals surface area contributed by atoms with Crippen molar-refractivity contribution >= 4 is 11.6 Å². The summed E-state index contributed by atoms with van der Waals surface area (Å²) in [5, 5.41) is 0. The van der Waals surface area contributed by atoms with E-state index in [1.54, 1.807) is 19.1 Å². The van der Waals surface area contributed by atoms with Crippen LogP contribution in [0.2, 0.25) is 0 Å². The minimum Gasteiger partial charge on any atom is -0.455 e. The molecular formula is C24H23F3N4O2. The number of piperidine rings is 1. The molecule has 2 N–H and O–H groups in total. The SMILES string of the molecule is Cc1cc(C(N)=O)nc(-c2ccc(Oc3ccc(C(F)(F)F)cc3)c(N3CCCCC3)c2)n1. The lowest BCUT2D eigenvalue weighted by Crippen LogP contribution is -2.29. The first-order valence-corrected chi connectivity index (χ1v) is 10.6. The number of benzene rings is 2. The molecule has 6 nitrogen and oxygen atoms in total. The van der Waals surface area contributed by atoms with Gasteiger partial charge in [0.15, 0.2) is 11.6 Å².